The minimum Gasteiger partial charge on any atom is -0.489 e. The topological polar surface area (TPSA) is 50.8 Å². The van der Waals surface area contributed by atoms with Crippen molar-refractivity contribution in [3.05, 3.63) is 59.5 Å². The highest BCUT2D eigenvalue weighted by Gasteiger charge is 2.44. The van der Waals surface area contributed by atoms with Crippen molar-refractivity contribution in [1.29, 1.82) is 0 Å². The van der Waals surface area contributed by atoms with Gasteiger partial charge in [-0.25, -0.2) is 13.6 Å². The predicted octanol–water partition coefficient (Wildman–Crippen LogP) is 2.44. The molecule has 5 nitrogen and oxygen atoms in total. The third-order valence-corrected chi connectivity index (χ3v) is 4.27. The summed E-state index contributed by atoms with van der Waals surface area (Å²) >= 11 is 0. The first-order valence-corrected chi connectivity index (χ1v) is 8.17. The van der Waals surface area contributed by atoms with E-state index < -0.39 is 17.7 Å². The Hall–Kier alpha value is -2.41. The predicted molar refractivity (Wildman–Crippen MR) is 87.0 cm³/mol. The Morgan fingerprint density at radius 3 is 2.72 bits per heavy atom. The SMILES string of the molecule is CCOC(=O)C1C(C)NC2C(OCc3c(F)cccc3F)=CC=CN21. The molecule has 0 bridgehead atoms. The minimum absolute atomic E-state index is 0.127. The van der Waals surface area contributed by atoms with Gasteiger partial charge in [0.25, 0.3) is 0 Å². The van der Waals surface area contributed by atoms with E-state index in [9.17, 15) is 13.6 Å². The molecule has 0 radical (unpaired) electrons. The molecule has 0 saturated carbocycles. The van der Waals surface area contributed by atoms with Gasteiger partial charge in [-0.15, -0.1) is 0 Å². The van der Waals surface area contributed by atoms with Crippen LogP contribution >= 0.6 is 0 Å². The first-order valence-electron chi connectivity index (χ1n) is 8.17. The maximum Gasteiger partial charge on any atom is 0.330 e. The number of hydrogen-bond donors (Lipinski definition) is 1. The molecule has 0 aromatic heterocycles. The summed E-state index contributed by atoms with van der Waals surface area (Å²) in [7, 11) is 0. The van der Waals surface area contributed by atoms with Crippen LogP contribution in [0.3, 0.4) is 0 Å². The molecule has 2 aliphatic heterocycles. The molecule has 7 heteroatoms. The van der Waals surface area contributed by atoms with Gasteiger partial charge in [0.15, 0.2) is 0 Å². The van der Waals surface area contributed by atoms with Crippen molar-refractivity contribution < 1.29 is 23.0 Å². The minimum atomic E-state index is -0.652. The van der Waals surface area contributed by atoms with Gasteiger partial charge in [-0.1, -0.05) is 6.07 Å². The van der Waals surface area contributed by atoms with Crippen LogP contribution in [-0.4, -0.2) is 35.7 Å². The highest BCUT2D eigenvalue weighted by Crippen LogP contribution is 2.28. The van der Waals surface area contributed by atoms with E-state index in [4.69, 9.17) is 9.47 Å². The zero-order chi connectivity index (χ0) is 18.0. The summed E-state index contributed by atoms with van der Waals surface area (Å²) in [4.78, 5) is 14.0. The summed E-state index contributed by atoms with van der Waals surface area (Å²) in [5.74, 6) is -1.14. The molecule has 1 fully saturated rings. The molecule has 1 saturated heterocycles. The highest BCUT2D eigenvalue weighted by molar-refractivity contribution is 5.77. The molecule has 0 spiro atoms. The van der Waals surface area contributed by atoms with Gasteiger partial charge in [0.05, 0.1) is 12.2 Å². The van der Waals surface area contributed by atoms with Crippen molar-refractivity contribution in [3.8, 4) is 0 Å². The normalized spacial score (nSPS) is 24.7. The third-order valence-electron chi connectivity index (χ3n) is 4.27. The van der Waals surface area contributed by atoms with Crippen molar-refractivity contribution in [3.63, 3.8) is 0 Å². The van der Waals surface area contributed by atoms with Crippen molar-refractivity contribution >= 4 is 5.97 Å². The zero-order valence-electron chi connectivity index (χ0n) is 14.0. The lowest BCUT2D eigenvalue weighted by atomic mass is 10.1. The molecule has 1 aromatic carbocycles. The quantitative estimate of drug-likeness (QED) is 0.827. The van der Waals surface area contributed by atoms with Crippen molar-refractivity contribution in [1.82, 2.24) is 10.2 Å². The standard InChI is InChI=1S/C18H20F2N2O3/c1-3-24-18(23)16-11(2)21-17-15(8-5-9-22(16)17)25-10-12-13(19)6-4-7-14(12)20/h4-9,11,16-17,21H,3,10H2,1-2H3. The molecule has 1 N–H and O–H groups in total. The Morgan fingerprint density at radius 2 is 2.04 bits per heavy atom. The van der Waals surface area contributed by atoms with Crippen LogP contribution < -0.4 is 5.32 Å². The van der Waals surface area contributed by atoms with E-state index in [0.717, 1.165) is 0 Å². The van der Waals surface area contributed by atoms with E-state index in [1.807, 2.05) is 6.92 Å². The molecule has 2 aliphatic rings. The van der Waals surface area contributed by atoms with E-state index in [-0.39, 0.29) is 30.3 Å². The molecule has 0 aliphatic carbocycles. The number of nitrogens with one attached hydrogen (secondary N) is 1. The molecular weight excluding hydrogens is 330 g/mol. The van der Waals surface area contributed by atoms with E-state index in [1.165, 1.54) is 18.2 Å². The fourth-order valence-electron chi connectivity index (χ4n) is 3.09. The number of carbonyl (C=O) groups is 1. The van der Waals surface area contributed by atoms with Gasteiger partial charge < -0.3 is 14.4 Å². The summed E-state index contributed by atoms with van der Waals surface area (Å²) in [5.41, 5.74) is -0.127. The number of hydrogen-bond acceptors (Lipinski definition) is 5. The molecular formula is C18H20F2N2O3. The Labute approximate surface area is 144 Å². The molecule has 3 rings (SSSR count). The number of benzene rings is 1. The van der Waals surface area contributed by atoms with Gasteiger partial charge in [-0.2, -0.15) is 0 Å². The van der Waals surface area contributed by atoms with Crippen LogP contribution in [0.4, 0.5) is 8.78 Å². The van der Waals surface area contributed by atoms with Crippen LogP contribution in [0.1, 0.15) is 19.4 Å². The van der Waals surface area contributed by atoms with E-state index in [1.54, 1.807) is 30.2 Å². The smallest absolute Gasteiger partial charge is 0.330 e. The molecule has 1 aromatic rings. The van der Waals surface area contributed by atoms with Gasteiger partial charge in [0.2, 0.25) is 0 Å². The van der Waals surface area contributed by atoms with E-state index in [2.05, 4.69) is 5.32 Å². The van der Waals surface area contributed by atoms with Crippen LogP contribution in [0.15, 0.2) is 42.3 Å². The lowest BCUT2D eigenvalue weighted by Gasteiger charge is -2.30. The van der Waals surface area contributed by atoms with Crippen LogP contribution in [0.5, 0.6) is 0 Å². The first kappa shape index (κ1) is 17.4. The summed E-state index contributed by atoms with van der Waals surface area (Å²) in [6.45, 7) is 3.70. The summed E-state index contributed by atoms with van der Waals surface area (Å²) in [6.07, 6.45) is 4.84. The second kappa shape index (κ2) is 7.23. The number of carbonyl (C=O) groups excluding carboxylic acids is 1. The van der Waals surface area contributed by atoms with Crippen molar-refractivity contribution in [2.75, 3.05) is 6.61 Å². The van der Waals surface area contributed by atoms with E-state index >= 15 is 0 Å². The Balaban J connectivity index is 1.73. The lowest BCUT2D eigenvalue weighted by Crippen LogP contribution is -2.43. The Morgan fingerprint density at radius 1 is 1.32 bits per heavy atom. The fourth-order valence-corrected chi connectivity index (χ4v) is 3.09. The number of esters is 1. The van der Waals surface area contributed by atoms with Gasteiger partial charge >= 0.3 is 5.97 Å². The highest BCUT2D eigenvalue weighted by atomic mass is 19.1. The molecule has 3 atom stereocenters. The summed E-state index contributed by atoms with van der Waals surface area (Å²) in [6, 6.07) is 3.04. The average Bonchev–Trinajstić information content (AvgIpc) is 2.91. The average molecular weight is 350 g/mol. The number of fused-ring (bicyclic) bond motifs is 1. The molecule has 134 valence electrons. The third kappa shape index (κ3) is 3.37. The van der Waals surface area contributed by atoms with Gasteiger partial charge in [-0.05, 0) is 38.1 Å². The van der Waals surface area contributed by atoms with Crippen LogP contribution in [-0.2, 0) is 20.9 Å². The molecule has 2 heterocycles. The van der Waals surface area contributed by atoms with Gasteiger partial charge in [0, 0.05) is 12.2 Å². The maximum absolute atomic E-state index is 13.7. The second-order valence-corrected chi connectivity index (χ2v) is 5.90. The van der Waals surface area contributed by atoms with Crippen molar-refractivity contribution in [2.45, 2.75) is 38.7 Å². The number of ether oxygens (including phenoxy) is 2. The Bertz CT molecular complexity index is 700. The summed E-state index contributed by atoms with van der Waals surface area (Å²) < 4.78 is 38.3. The van der Waals surface area contributed by atoms with Gasteiger partial charge in [0.1, 0.15) is 36.2 Å². The van der Waals surface area contributed by atoms with Crippen LogP contribution in [0.25, 0.3) is 0 Å². The van der Waals surface area contributed by atoms with Crippen molar-refractivity contribution in [2.24, 2.45) is 0 Å². The Kier molecular flexibility index (Phi) is 5.03. The number of nitrogens with zero attached hydrogens (tertiary/aromatic N) is 1. The van der Waals surface area contributed by atoms with Gasteiger partial charge in [-0.3, -0.25) is 5.32 Å². The zero-order valence-corrected chi connectivity index (χ0v) is 14.0. The van der Waals surface area contributed by atoms with Crippen LogP contribution in [0, 0.1) is 11.6 Å². The molecule has 3 unspecified atom stereocenters. The molecule has 25 heavy (non-hydrogen) atoms. The number of halogens is 2. The van der Waals surface area contributed by atoms with Crippen LogP contribution in [0.2, 0.25) is 0 Å². The maximum atomic E-state index is 13.7. The largest absolute Gasteiger partial charge is 0.489 e. The number of rotatable bonds is 5. The summed E-state index contributed by atoms with van der Waals surface area (Å²) in [5, 5.41) is 3.25. The fraction of sp³-hybridized carbons (Fsp3) is 0.389. The lowest BCUT2D eigenvalue weighted by molar-refractivity contribution is -0.148. The number of allylic oxidation sites excluding steroid dienone is 2. The van der Waals surface area contributed by atoms with E-state index in [0.29, 0.717) is 12.4 Å². The molecule has 0 amide bonds. The second-order valence-electron chi connectivity index (χ2n) is 5.90. The first-order chi connectivity index (χ1) is 12.0. The monoisotopic (exact) mass is 350 g/mol.